The Labute approximate surface area is 211 Å². The number of likely N-dealkylation sites (N-methyl/N-ethyl adjacent to an activating group) is 2. The zero-order chi connectivity index (χ0) is 24.5. The van der Waals surface area contributed by atoms with E-state index in [1.165, 1.54) is 22.3 Å². The lowest BCUT2D eigenvalue weighted by Gasteiger charge is -2.30. The summed E-state index contributed by atoms with van der Waals surface area (Å²) < 4.78 is 0. The van der Waals surface area contributed by atoms with Gasteiger partial charge in [-0.05, 0) is 81.3 Å². The molecule has 4 nitrogen and oxygen atoms in total. The summed E-state index contributed by atoms with van der Waals surface area (Å²) in [7, 11) is 4.36. The van der Waals surface area contributed by atoms with Crippen LogP contribution in [-0.4, -0.2) is 62.4 Å². The summed E-state index contributed by atoms with van der Waals surface area (Å²) in [4.78, 5) is 17.6. The number of ketones is 1. The summed E-state index contributed by atoms with van der Waals surface area (Å²) in [5, 5.41) is 3.44. The molecule has 184 valence electrons. The molecule has 3 aromatic carbocycles. The van der Waals surface area contributed by atoms with Gasteiger partial charge >= 0.3 is 0 Å². The zero-order valence-corrected chi connectivity index (χ0v) is 21.2. The van der Waals surface area contributed by atoms with Crippen molar-refractivity contribution >= 4 is 5.78 Å². The lowest BCUT2D eigenvalue weighted by Crippen LogP contribution is -2.34. The van der Waals surface area contributed by atoms with E-state index in [2.05, 4.69) is 102 Å². The molecule has 1 aliphatic rings. The zero-order valence-electron chi connectivity index (χ0n) is 21.2. The molecule has 1 heterocycles. The van der Waals surface area contributed by atoms with Crippen LogP contribution in [0.15, 0.2) is 78.9 Å². The third-order valence-electron chi connectivity index (χ3n) is 7.12. The fraction of sp³-hybridized carbons (Fsp3) is 0.387. The predicted octanol–water partition coefficient (Wildman–Crippen LogP) is 4.99. The summed E-state index contributed by atoms with van der Waals surface area (Å²) in [6.45, 7) is 4.87. The first-order chi connectivity index (χ1) is 17.1. The Morgan fingerprint density at radius 2 is 1.43 bits per heavy atom. The molecule has 4 rings (SSSR count). The van der Waals surface area contributed by atoms with Gasteiger partial charge in [-0.1, -0.05) is 72.8 Å². The fourth-order valence-electron chi connectivity index (χ4n) is 5.04. The Hall–Kier alpha value is -2.79. The van der Waals surface area contributed by atoms with Crippen molar-refractivity contribution in [2.45, 2.75) is 31.7 Å². The highest BCUT2D eigenvalue weighted by Crippen LogP contribution is 2.27. The molecule has 0 aromatic heterocycles. The minimum atomic E-state index is 0.232. The quantitative estimate of drug-likeness (QED) is 0.401. The van der Waals surface area contributed by atoms with Crippen LogP contribution in [0.3, 0.4) is 0 Å². The average molecular weight is 470 g/mol. The number of nitrogens with one attached hydrogen (secondary N) is 1. The molecule has 0 amide bonds. The van der Waals surface area contributed by atoms with Gasteiger partial charge < -0.3 is 10.2 Å². The van der Waals surface area contributed by atoms with E-state index in [0.29, 0.717) is 6.42 Å². The van der Waals surface area contributed by atoms with Gasteiger partial charge in [-0.25, -0.2) is 0 Å². The number of benzene rings is 3. The molecule has 0 spiro atoms. The number of Topliss-reactive ketones (excluding diaryl/α,β-unsaturated/α-hetero) is 1. The largest absolute Gasteiger partial charge is 0.316 e. The number of nitrogens with zero attached hydrogens (tertiary/aromatic N) is 2. The van der Waals surface area contributed by atoms with Gasteiger partial charge in [0.1, 0.15) is 0 Å². The van der Waals surface area contributed by atoms with E-state index in [1.54, 1.807) is 0 Å². The molecular weight excluding hydrogens is 430 g/mol. The summed E-state index contributed by atoms with van der Waals surface area (Å²) >= 11 is 0. The second kappa shape index (κ2) is 12.8. The maximum absolute atomic E-state index is 12.8. The monoisotopic (exact) mass is 469 g/mol. The molecule has 1 aliphatic heterocycles. The van der Waals surface area contributed by atoms with Crippen molar-refractivity contribution in [2.75, 3.05) is 46.8 Å². The van der Waals surface area contributed by atoms with Crippen molar-refractivity contribution in [1.82, 2.24) is 15.1 Å². The van der Waals surface area contributed by atoms with E-state index in [9.17, 15) is 4.79 Å². The van der Waals surface area contributed by atoms with E-state index in [-0.39, 0.29) is 11.8 Å². The Morgan fingerprint density at radius 1 is 0.800 bits per heavy atom. The Balaban J connectivity index is 1.26. The van der Waals surface area contributed by atoms with Crippen LogP contribution in [0.25, 0.3) is 0 Å². The first kappa shape index (κ1) is 25.3. The maximum Gasteiger partial charge on any atom is 0.162 e. The molecule has 0 saturated carbocycles. The van der Waals surface area contributed by atoms with Crippen LogP contribution >= 0.6 is 0 Å². The van der Waals surface area contributed by atoms with Crippen LogP contribution in [0.4, 0.5) is 0 Å². The molecule has 0 aliphatic carbocycles. The number of carbonyl (C=O) groups is 1. The third kappa shape index (κ3) is 7.11. The molecule has 0 atom stereocenters. The minimum absolute atomic E-state index is 0.232. The van der Waals surface area contributed by atoms with Gasteiger partial charge in [-0.15, -0.1) is 0 Å². The molecule has 0 unspecified atom stereocenters. The highest BCUT2D eigenvalue weighted by molar-refractivity contribution is 5.96. The van der Waals surface area contributed by atoms with Crippen molar-refractivity contribution in [2.24, 2.45) is 0 Å². The van der Waals surface area contributed by atoms with Gasteiger partial charge in [-0.3, -0.25) is 9.69 Å². The first-order valence-electron chi connectivity index (χ1n) is 13.0. The predicted molar refractivity (Wildman–Crippen MR) is 145 cm³/mol. The molecular formula is C31H39N3O. The van der Waals surface area contributed by atoms with Crippen molar-refractivity contribution in [1.29, 1.82) is 0 Å². The minimum Gasteiger partial charge on any atom is -0.316 e. The first-order valence-corrected chi connectivity index (χ1v) is 13.0. The van der Waals surface area contributed by atoms with Gasteiger partial charge in [0, 0.05) is 25.1 Å². The van der Waals surface area contributed by atoms with Crippen LogP contribution in [0.1, 0.15) is 51.5 Å². The summed E-state index contributed by atoms with van der Waals surface area (Å²) in [6.07, 6.45) is 3.56. The van der Waals surface area contributed by atoms with Crippen LogP contribution in [0.2, 0.25) is 0 Å². The summed E-state index contributed by atoms with van der Waals surface area (Å²) in [6, 6.07) is 28.0. The molecule has 3 aromatic rings. The molecule has 0 saturated heterocycles. The van der Waals surface area contributed by atoms with Crippen molar-refractivity contribution in [3.05, 3.63) is 107 Å². The van der Waals surface area contributed by atoms with Crippen LogP contribution in [0, 0.1) is 0 Å². The third-order valence-corrected chi connectivity index (χ3v) is 7.12. The Bertz CT molecular complexity index is 1030. The van der Waals surface area contributed by atoms with Crippen LogP contribution in [-0.2, 0) is 12.8 Å². The van der Waals surface area contributed by atoms with Gasteiger partial charge in [-0.2, -0.15) is 0 Å². The van der Waals surface area contributed by atoms with Crippen molar-refractivity contribution in [3.63, 3.8) is 0 Å². The lowest BCUT2D eigenvalue weighted by molar-refractivity contribution is 0.0975. The number of hydrogen-bond donors (Lipinski definition) is 1. The average Bonchev–Trinajstić information content (AvgIpc) is 3.14. The van der Waals surface area contributed by atoms with E-state index in [0.717, 1.165) is 57.5 Å². The Kier molecular flexibility index (Phi) is 9.24. The van der Waals surface area contributed by atoms with Gasteiger partial charge in [0.05, 0.1) is 6.04 Å². The van der Waals surface area contributed by atoms with E-state index in [4.69, 9.17) is 0 Å². The highest BCUT2D eigenvalue weighted by atomic mass is 16.1. The summed E-state index contributed by atoms with van der Waals surface area (Å²) in [5.41, 5.74) is 6.23. The molecule has 0 fully saturated rings. The van der Waals surface area contributed by atoms with Gasteiger partial charge in [0.2, 0.25) is 0 Å². The number of fused-ring (bicyclic) bond motifs is 1. The standard InChI is InChI=1S/C31H39N3O/c1-33(21-9-14-30(35)29-16-15-25-17-19-32-20-18-28(25)24-29)22-23-34(2)31(26-10-5-3-6-11-26)27-12-7-4-8-13-27/h3-8,10-13,15-16,24,31-32H,9,14,17-23H2,1-2H3. The van der Waals surface area contributed by atoms with Crippen LogP contribution < -0.4 is 5.32 Å². The number of hydrogen-bond acceptors (Lipinski definition) is 4. The van der Waals surface area contributed by atoms with Gasteiger partial charge in [0.15, 0.2) is 5.78 Å². The fourth-order valence-corrected chi connectivity index (χ4v) is 5.04. The molecule has 0 radical (unpaired) electrons. The van der Waals surface area contributed by atoms with E-state index in [1.807, 2.05) is 6.07 Å². The Morgan fingerprint density at radius 3 is 2.09 bits per heavy atom. The molecule has 0 bridgehead atoms. The lowest BCUT2D eigenvalue weighted by atomic mass is 9.97. The SMILES string of the molecule is CN(CCCC(=O)c1ccc2c(c1)CCNCC2)CCN(C)C(c1ccccc1)c1ccccc1. The van der Waals surface area contributed by atoms with Gasteiger partial charge in [0.25, 0.3) is 0 Å². The van der Waals surface area contributed by atoms with Crippen molar-refractivity contribution in [3.8, 4) is 0 Å². The smallest absolute Gasteiger partial charge is 0.162 e. The molecule has 4 heteroatoms. The number of rotatable bonds is 11. The topological polar surface area (TPSA) is 35.6 Å². The molecule has 35 heavy (non-hydrogen) atoms. The second-order valence-electron chi connectivity index (χ2n) is 9.77. The van der Waals surface area contributed by atoms with E-state index < -0.39 is 0 Å². The van der Waals surface area contributed by atoms with Crippen LogP contribution in [0.5, 0.6) is 0 Å². The van der Waals surface area contributed by atoms with E-state index >= 15 is 0 Å². The van der Waals surface area contributed by atoms with Crippen molar-refractivity contribution < 1.29 is 4.79 Å². The highest BCUT2D eigenvalue weighted by Gasteiger charge is 2.19. The normalized spacial score (nSPS) is 13.7. The maximum atomic E-state index is 12.8. The second-order valence-corrected chi connectivity index (χ2v) is 9.77. The molecule has 1 N–H and O–H groups in total. The summed E-state index contributed by atoms with van der Waals surface area (Å²) in [5.74, 6) is 0.267. The number of carbonyl (C=O) groups excluding carboxylic acids is 1.